The van der Waals surface area contributed by atoms with Crippen LogP contribution in [0.15, 0.2) is 100 Å². The van der Waals surface area contributed by atoms with Gasteiger partial charge in [-0.2, -0.15) is 0 Å². The lowest BCUT2D eigenvalue weighted by atomic mass is 9.97. The predicted octanol–water partition coefficient (Wildman–Crippen LogP) is 7.20. The summed E-state index contributed by atoms with van der Waals surface area (Å²) in [5, 5.41) is 2.12. The van der Waals surface area contributed by atoms with Gasteiger partial charge in [0.05, 0.1) is 24.2 Å². The minimum Gasteiger partial charge on any atom is -0.463 e. The summed E-state index contributed by atoms with van der Waals surface area (Å²) in [5.41, 5.74) is 4.03. The molecule has 0 saturated carbocycles. The Morgan fingerprint density at radius 2 is 1.33 bits per heavy atom. The summed E-state index contributed by atoms with van der Waals surface area (Å²) in [6, 6.07) is 14.6. The van der Waals surface area contributed by atoms with Gasteiger partial charge in [0.2, 0.25) is 5.43 Å². The summed E-state index contributed by atoms with van der Waals surface area (Å²) >= 11 is 0. The molecule has 0 saturated heterocycles. The second-order valence-electron chi connectivity index (χ2n) is 11.0. The van der Waals surface area contributed by atoms with Crippen LogP contribution in [0.25, 0.3) is 32.9 Å². The second-order valence-corrected chi connectivity index (χ2v) is 11.0. The third-order valence-electron chi connectivity index (χ3n) is 7.05. The van der Waals surface area contributed by atoms with E-state index in [1.165, 1.54) is 6.26 Å². The smallest absolute Gasteiger partial charge is 0.338 e. The van der Waals surface area contributed by atoms with E-state index in [0.717, 1.165) is 21.9 Å². The zero-order valence-corrected chi connectivity index (χ0v) is 25.8. The number of hydrogen-bond acceptors (Lipinski definition) is 8. The Balaban J connectivity index is 1.65. The molecular weight excluding hydrogens is 572 g/mol. The van der Waals surface area contributed by atoms with Gasteiger partial charge < -0.3 is 18.6 Å². The van der Waals surface area contributed by atoms with Crippen molar-refractivity contribution in [2.75, 3.05) is 13.2 Å². The van der Waals surface area contributed by atoms with Gasteiger partial charge in [0.25, 0.3) is 0 Å². The number of fused-ring (bicyclic) bond motifs is 2. The molecule has 0 bridgehead atoms. The third-order valence-corrected chi connectivity index (χ3v) is 7.05. The highest BCUT2D eigenvalue weighted by Gasteiger charge is 2.16. The van der Waals surface area contributed by atoms with Crippen molar-refractivity contribution < 1.29 is 33.0 Å². The first-order chi connectivity index (χ1) is 21.4. The summed E-state index contributed by atoms with van der Waals surface area (Å²) in [5.74, 6) is -0.992. The quantitative estimate of drug-likeness (QED) is 0.0679. The maximum absolute atomic E-state index is 13.9. The molecule has 8 nitrogen and oxygen atoms in total. The molecule has 0 fully saturated rings. The minimum absolute atomic E-state index is 0.187. The molecule has 4 rings (SSSR count). The number of carbonyl (C=O) groups is 3. The van der Waals surface area contributed by atoms with E-state index < -0.39 is 17.9 Å². The highest BCUT2D eigenvalue weighted by atomic mass is 16.5. The van der Waals surface area contributed by atoms with Crippen molar-refractivity contribution >= 4 is 39.6 Å². The lowest BCUT2D eigenvalue weighted by Gasteiger charge is -2.12. The van der Waals surface area contributed by atoms with Gasteiger partial charge in [-0.15, -0.1) is 0 Å². The summed E-state index contributed by atoms with van der Waals surface area (Å²) in [7, 11) is 0. The normalized spacial score (nSPS) is 10.8. The van der Waals surface area contributed by atoms with Gasteiger partial charge in [-0.1, -0.05) is 44.0 Å². The first-order valence-electron chi connectivity index (χ1n) is 14.6. The van der Waals surface area contributed by atoms with Gasteiger partial charge in [-0.25, -0.2) is 14.4 Å². The van der Waals surface area contributed by atoms with Crippen LogP contribution in [0.2, 0.25) is 0 Å². The molecule has 4 aromatic rings. The third kappa shape index (κ3) is 8.23. The second kappa shape index (κ2) is 14.5. The molecule has 0 aliphatic rings. The van der Waals surface area contributed by atoms with Crippen molar-refractivity contribution in [3.8, 4) is 16.9 Å². The summed E-state index contributed by atoms with van der Waals surface area (Å²) in [6.07, 6.45) is 3.62. The molecule has 0 amide bonds. The van der Waals surface area contributed by atoms with Gasteiger partial charge in [0, 0.05) is 16.7 Å². The molecular formula is C37H36O8. The average molecular weight is 609 g/mol. The van der Waals surface area contributed by atoms with Crippen LogP contribution in [-0.4, -0.2) is 31.1 Å². The van der Waals surface area contributed by atoms with Crippen molar-refractivity contribution in [3.05, 3.63) is 113 Å². The van der Waals surface area contributed by atoms with Crippen molar-refractivity contribution in [2.24, 2.45) is 0 Å². The van der Waals surface area contributed by atoms with E-state index >= 15 is 0 Å². The van der Waals surface area contributed by atoms with E-state index in [4.69, 9.17) is 18.6 Å². The van der Waals surface area contributed by atoms with Gasteiger partial charge in [-0.3, -0.25) is 4.79 Å². The van der Waals surface area contributed by atoms with Crippen molar-refractivity contribution in [1.29, 1.82) is 0 Å². The van der Waals surface area contributed by atoms with Gasteiger partial charge >= 0.3 is 17.9 Å². The lowest BCUT2D eigenvalue weighted by Crippen LogP contribution is -2.09. The number of hydrogen-bond donors (Lipinski definition) is 0. The van der Waals surface area contributed by atoms with Gasteiger partial charge in [0.1, 0.15) is 17.6 Å². The molecule has 45 heavy (non-hydrogen) atoms. The molecule has 0 atom stereocenters. The minimum atomic E-state index is -0.501. The fourth-order valence-corrected chi connectivity index (χ4v) is 4.67. The Bertz CT molecular complexity index is 1890. The molecule has 0 aliphatic heterocycles. The van der Waals surface area contributed by atoms with Crippen LogP contribution in [0.4, 0.5) is 0 Å². The molecule has 0 aliphatic carbocycles. The Hall–Kier alpha value is -5.24. The molecule has 0 N–H and O–H groups in total. The number of benzene rings is 3. The molecule has 1 aromatic heterocycles. The van der Waals surface area contributed by atoms with E-state index in [9.17, 15) is 19.2 Å². The fraction of sp³-hybridized carbons (Fsp3) is 0.243. The predicted molar refractivity (Wildman–Crippen MR) is 174 cm³/mol. The zero-order valence-electron chi connectivity index (χ0n) is 25.8. The van der Waals surface area contributed by atoms with Crippen LogP contribution < -0.4 is 10.2 Å². The number of ether oxygens (including phenoxy) is 3. The van der Waals surface area contributed by atoms with Crippen molar-refractivity contribution in [3.63, 3.8) is 0 Å². The van der Waals surface area contributed by atoms with Crippen LogP contribution >= 0.6 is 0 Å². The van der Waals surface area contributed by atoms with E-state index in [0.29, 0.717) is 70.2 Å². The molecule has 232 valence electrons. The van der Waals surface area contributed by atoms with Crippen LogP contribution in [0, 0.1) is 0 Å². The molecule has 0 spiro atoms. The van der Waals surface area contributed by atoms with E-state index in [2.05, 4.69) is 19.7 Å². The standard InChI is InChI=1S/C37H36O8/c1-22(2)35(39)42-15-7-9-25-17-29(10-8-16-43-36(40)23(3)4)34-31(18-25)33(38)32(21-44-34)28-12-11-27-20-30(14-13-26(27)19-28)45-37(41)24(5)6/h11-14,17-21H,1,3,5,7-10,15-16H2,2,4,6H3. The maximum atomic E-state index is 13.9. The number of esters is 3. The van der Waals surface area contributed by atoms with Gasteiger partial charge in [-0.05, 0) is 98.2 Å². The first-order valence-corrected chi connectivity index (χ1v) is 14.6. The fourth-order valence-electron chi connectivity index (χ4n) is 4.67. The Kier molecular flexibility index (Phi) is 10.5. The summed E-state index contributed by atoms with van der Waals surface area (Å²) < 4.78 is 21.9. The van der Waals surface area contributed by atoms with E-state index in [-0.39, 0.29) is 18.6 Å². The van der Waals surface area contributed by atoms with Crippen molar-refractivity contribution in [2.45, 2.75) is 46.5 Å². The Morgan fingerprint density at radius 3 is 1.98 bits per heavy atom. The Labute approximate surface area is 261 Å². The van der Waals surface area contributed by atoms with Crippen LogP contribution in [-0.2, 0) is 36.7 Å². The number of rotatable bonds is 13. The maximum Gasteiger partial charge on any atom is 0.338 e. The van der Waals surface area contributed by atoms with Crippen LogP contribution in [0.1, 0.15) is 44.7 Å². The number of aryl methyl sites for hydroxylation is 2. The molecule has 0 radical (unpaired) electrons. The number of carbonyl (C=O) groups excluding carboxylic acids is 3. The largest absolute Gasteiger partial charge is 0.463 e. The highest BCUT2D eigenvalue weighted by Crippen LogP contribution is 2.29. The summed E-state index contributed by atoms with van der Waals surface area (Å²) in [4.78, 5) is 49.4. The zero-order chi connectivity index (χ0) is 32.7. The Morgan fingerprint density at radius 1 is 0.733 bits per heavy atom. The topological polar surface area (TPSA) is 109 Å². The van der Waals surface area contributed by atoms with Crippen LogP contribution in [0.5, 0.6) is 5.75 Å². The van der Waals surface area contributed by atoms with Gasteiger partial charge in [0.15, 0.2) is 0 Å². The monoisotopic (exact) mass is 608 g/mol. The van der Waals surface area contributed by atoms with Crippen LogP contribution in [0.3, 0.4) is 0 Å². The van der Waals surface area contributed by atoms with Crippen molar-refractivity contribution in [1.82, 2.24) is 0 Å². The first kappa shape index (κ1) is 32.7. The molecule has 0 unspecified atom stereocenters. The van der Waals surface area contributed by atoms with E-state index in [1.807, 2.05) is 36.4 Å². The molecule has 3 aromatic carbocycles. The highest BCUT2D eigenvalue weighted by molar-refractivity contribution is 5.92. The lowest BCUT2D eigenvalue weighted by molar-refractivity contribution is -0.139. The molecule has 1 heterocycles. The average Bonchev–Trinajstić information content (AvgIpc) is 3.01. The van der Waals surface area contributed by atoms with E-state index in [1.54, 1.807) is 32.9 Å². The SMILES string of the molecule is C=C(C)C(=O)OCCCc1cc(CCCOC(=O)C(=C)C)c2occ(-c3ccc4cc(OC(=O)C(=C)C)ccc4c3)c(=O)c2c1. The molecule has 8 heteroatoms. The summed E-state index contributed by atoms with van der Waals surface area (Å²) in [6.45, 7) is 16.0.